The van der Waals surface area contributed by atoms with Gasteiger partial charge in [-0.05, 0) is 25.5 Å². The lowest BCUT2D eigenvalue weighted by Gasteiger charge is -2.14. The number of hydrogen-bond acceptors (Lipinski definition) is 5. The molecule has 1 aromatic rings. The summed E-state index contributed by atoms with van der Waals surface area (Å²) >= 11 is 2.04. The van der Waals surface area contributed by atoms with Crippen LogP contribution in [-0.4, -0.2) is 27.5 Å². The van der Waals surface area contributed by atoms with Crippen LogP contribution < -0.4 is 11.1 Å². The van der Waals surface area contributed by atoms with Crippen molar-refractivity contribution in [3.05, 3.63) is 11.4 Å². The van der Waals surface area contributed by atoms with Gasteiger partial charge in [0.25, 0.3) is 0 Å². The number of nitrogens with one attached hydrogen (secondary N) is 1. The molecule has 0 bridgehead atoms. The Balaban J connectivity index is 2.05. The molecule has 0 spiro atoms. The van der Waals surface area contributed by atoms with Crippen molar-refractivity contribution >= 4 is 23.4 Å². The molecule has 3 N–H and O–H groups in total. The van der Waals surface area contributed by atoms with E-state index in [1.165, 1.54) is 18.6 Å². The van der Waals surface area contributed by atoms with Gasteiger partial charge < -0.3 is 11.1 Å². The minimum atomic E-state index is 0.596. The number of anilines is 2. The van der Waals surface area contributed by atoms with E-state index in [2.05, 4.69) is 15.3 Å². The maximum absolute atomic E-state index is 5.88. The Hall–Kier alpha value is -0.970. The molecule has 1 aliphatic heterocycles. The number of nitrogen functional groups attached to an aromatic ring is 1. The summed E-state index contributed by atoms with van der Waals surface area (Å²) < 4.78 is 0. The Kier molecular flexibility index (Phi) is 4.10. The van der Waals surface area contributed by atoms with E-state index in [9.17, 15) is 0 Å². The van der Waals surface area contributed by atoms with Gasteiger partial charge in [0.15, 0.2) is 0 Å². The van der Waals surface area contributed by atoms with Crippen molar-refractivity contribution in [2.24, 2.45) is 0 Å². The maximum Gasteiger partial charge on any atom is 0.134 e. The summed E-state index contributed by atoms with van der Waals surface area (Å²) in [4.78, 5) is 8.75. The standard InChI is InChI=1S/C12H20N4S/c1-3-10-15-11(13)8(2)12(16-10)14-7-9-5-4-6-17-9/h9H,3-7H2,1-2H3,(H3,13,14,15,16). The van der Waals surface area contributed by atoms with Gasteiger partial charge in [-0.15, -0.1) is 0 Å². The third-order valence-corrected chi connectivity index (χ3v) is 4.47. The van der Waals surface area contributed by atoms with Crippen LogP contribution in [0, 0.1) is 6.92 Å². The van der Waals surface area contributed by atoms with Gasteiger partial charge in [-0.3, -0.25) is 0 Å². The van der Waals surface area contributed by atoms with Crippen molar-refractivity contribution < 1.29 is 0 Å². The number of nitrogens with zero attached hydrogens (tertiary/aromatic N) is 2. The first-order valence-electron chi connectivity index (χ1n) is 6.19. The fourth-order valence-electron chi connectivity index (χ4n) is 1.93. The second-order valence-corrected chi connectivity index (χ2v) is 5.78. The second-order valence-electron chi connectivity index (χ2n) is 4.37. The lowest BCUT2D eigenvalue weighted by Crippen LogP contribution is -2.16. The first-order chi connectivity index (χ1) is 8.20. The highest BCUT2D eigenvalue weighted by Gasteiger charge is 2.16. The van der Waals surface area contributed by atoms with Gasteiger partial charge in [-0.1, -0.05) is 6.92 Å². The smallest absolute Gasteiger partial charge is 0.134 e. The van der Waals surface area contributed by atoms with E-state index in [4.69, 9.17) is 5.73 Å². The fourth-order valence-corrected chi connectivity index (χ4v) is 3.13. The van der Waals surface area contributed by atoms with E-state index in [1.54, 1.807) is 0 Å². The van der Waals surface area contributed by atoms with Crippen LogP contribution in [0.2, 0.25) is 0 Å². The Morgan fingerprint density at radius 3 is 2.94 bits per heavy atom. The van der Waals surface area contributed by atoms with Crippen LogP contribution in [0.15, 0.2) is 0 Å². The van der Waals surface area contributed by atoms with Crippen molar-refractivity contribution in [1.29, 1.82) is 0 Å². The van der Waals surface area contributed by atoms with Gasteiger partial charge in [0.1, 0.15) is 17.5 Å². The van der Waals surface area contributed by atoms with Gasteiger partial charge in [0.2, 0.25) is 0 Å². The molecule has 1 saturated heterocycles. The molecular weight excluding hydrogens is 232 g/mol. The Morgan fingerprint density at radius 1 is 1.47 bits per heavy atom. The van der Waals surface area contributed by atoms with Crippen LogP contribution in [0.5, 0.6) is 0 Å². The third-order valence-electron chi connectivity index (χ3n) is 3.07. The Bertz CT molecular complexity index is 388. The maximum atomic E-state index is 5.88. The largest absolute Gasteiger partial charge is 0.383 e. The van der Waals surface area contributed by atoms with E-state index in [1.807, 2.05) is 25.6 Å². The number of hydrogen-bond donors (Lipinski definition) is 2. The monoisotopic (exact) mass is 252 g/mol. The van der Waals surface area contributed by atoms with Crippen molar-refractivity contribution in [3.8, 4) is 0 Å². The van der Waals surface area contributed by atoms with E-state index in [0.717, 1.165) is 35.4 Å². The van der Waals surface area contributed by atoms with E-state index in [-0.39, 0.29) is 0 Å². The van der Waals surface area contributed by atoms with Crippen LogP contribution in [0.25, 0.3) is 0 Å². The number of aromatic nitrogens is 2. The summed E-state index contributed by atoms with van der Waals surface area (Å²) in [7, 11) is 0. The average molecular weight is 252 g/mol. The number of rotatable bonds is 4. The first-order valence-corrected chi connectivity index (χ1v) is 7.24. The molecule has 5 heteroatoms. The van der Waals surface area contributed by atoms with Crippen LogP contribution >= 0.6 is 11.8 Å². The molecule has 17 heavy (non-hydrogen) atoms. The van der Waals surface area contributed by atoms with E-state index < -0.39 is 0 Å². The van der Waals surface area contributed by atoms with Crippen LogP contribution in [-0.2, 0) is 6.42 Å². The summed E-state index contributed by atoms with van der Waals surface area (Å²) in [6.07, 6.45) is 3.46. The zero-order valence-corrected chi connectivity index (χ0v) is 11.3. The lowest BCUT2D eigenvalue weighted by atomic mass is 10.2. The van der Waals surface area contributed by atoms with Gasteiger partial charge in [0, 0.05) is 23.8 Å². The minimum Gasteiger partial charge on any atom is -0.383 e. The topological polar surface area (TPSA) is 63.8 Å². The zero-order chi connectivity index (χ0) is 12.3. The second kappa shape index (κ2) is 5.58. The summed E-state index contributed by atoms with van der Waals surface area (Å²) in [5.74, 6) is 3.60. The average Bonchev–Trinajstić information content (AvgIpc) is 2.84. The summed E-state index contributed by atoms with van der Waals surface area (Å²) in [5.41, 5.74) is 6.85. The highest BCUT2D eigenvalue weighted by atomic mass is 32.2. The normalized spacial score (nSPS) is 19.5. The predicted octanol–water partition coefficient (Wildman–Crippen LogP) is 2.24. The highest BCUT2D eigenvalue weighted by molar-refractivity contribution is 8.00. The van der Waals surface area contributed by atoms with Crippen molar-refractivity contribution in [1.82, 2.24) is 9.97 Å². The van der Waals surface area contributed by atoms with Crippen molar-refractivity contribution in [2.75, 3.05) is 23.3 Å². The van der Waals surface area contributed by atoms with Crippen molar-refractivity contribution in [2.45, 2.75) is 38.4 Å². The molecule has 2 rings (SSSR count). The SMILES string of the molecule is CCc1nc(N)c(C)c(NCC2CCCS2)n1. The van der Waals surface area contributed by atoms with E-state index >= 15 is 0 Å². The molecule has 0 aliphatic carbocycles. The molecule has 2 heterocycles. The van der Waals surface area contributed by atoms with Gasteiger partial charge in [-0.25, -0.2) is 9.97 Å². The van der Waals surface area contributed by atoms with Crippen molar-refractivity contribution in [3.63, 3.8) is 0 Å². The lowest BCUT2D eigenvalue weighted by molar-refractivity contribution is 0.800. The molecule has 1 aromatic heterocycles. The molecule has 1 atom stereocenters. The zero-order valence-electron chi connectivity index (χ0n) is 10.5. The quantitative estimate of drug-likeness (QED) is 0.860. The molecular formula is C12H20N4S. The molecule has 0 amide bonds. The summed E-state index contributed by atoms with van der Waals surface area (Å²) in [6.45, 7) is 4.99. The van der Waals surface area contributed by atoms with Crippen LogP contribution in [0.3, 0.4) is 0 Å². The molecule has 0 saturated carbocycles. The molecule has 1 fully saturated rings. The summed E-state index contributed by atoms with van der Waals surface area (Å²) in [6, 6.07) is 0. The Labute approximate surface area is 107 Å². The molecule has 1 aliphatic rings. The predicted molar refractivity (Wildman–Crippen MR) is 74.5 cm³/mol. The van der Waals surface area contributed by atoms with Gasteiger partial charge in [0.05, 0.1) is 0 Å². The molecule has 94 valence electrons. The molecule has 1 unspecified atom stereocenters. The minimum absolute atomic E-state index is 0.596. The highest BCUT2D eigenvalue weighted by Crippen LogP contribution is 2.26. The van der Waals surface area contributed by atoms with Crippen LogP contribution in [0.1, 0.15) is 31.2 Å². The van der Waals surface area contributed by atoms with E-state index in [0.29, 0.717) is 5.82 Å². The first kappa shape index (κ1) is 12.5. The van der Waals surface area contributed by atoms with Gasteiger partial charge in [-0.2, -0.15) is 11.8 Å². The number of thioether (sulfide) groups is 1. The number of aryl methyl sites for hydroxylation is 1. The molecule has 0 aromatic carbocycles. The molecule has 4 nitrogen and oxygen atoms in total. The fraction of sp³-hybridized carbons (Fsp3) is 0.667. The number of nitrogens with two attached hydrogens (primary N) is 1. The van der Waals surface area contributed by atoms with Gasteiger partial charge >= 0.3 is 0 Å². The third kappa shape index (κ3) is 3.03. The Morgan fingerprint density at radius 2 is 2.29 bits per heavy atom. The summed E-state index contributed by atoms with van der Waals surface area (Å²) in [5, 5.41) is 4.14. The molecule has 0 radical (unpaired) electrons. The van der Waals surface area contributed by atoms with Crippen LogP contribution in [0.4, 0.5) is 11.6 Å².